The van der Waals surface area contributed by atoms with E-state index < -0.39 is 0 Å². The second kappa shape index (κ2) is 6.17. The van der Waals surface area contributed by atoms with Gasteiger partial charge in [-0.05, 0) is 13.3 Å². The molecule has 0 rings (SSSR count). The van der Waals surface area contributed by atoms with E-state index >= 15 is 0 Å². The summed E-state index contributed by atoms with van der Waals surface area (Å²) in [6.45, 7) is 4.07. The molecule has 0 amide bonds. The molecule has 0 saturated carbocycles. The Hall–Kier alpha value is 0.0499. The van der Waals surface area contributed by atoms with E-state index in [0.717, 1.165) is 20.5 Å². The van der Waals surface area contributed by atoms with Crippen LogP contribution < -0.4 is 0 Å². The van der Waals surface area contributed by atoms with Crippen LogP contribution in [0.3, 0.4) is 0 Å². The van der Waals surface area contributed by atoms with Gasteiger partial charge < -0.3 is 9.23 Å². The van der Waals surface area contributed by atoms with Crippen molar-refractivity contribution >= 4 is 15.7 Å². The molecule has 49 valence electrons. The van der Waals surface area contributed by atoms with Crippen LogP contribution in [-0.2, 0) is 9.23 Å². The van der Waals surface area contributed by atoms with E-state index in [-0.39, 0.29) is 6.10 Å². The first-order valence-electron chi connectivity index (χ1n) is 3.14. The fourth-order valence-electron chi connectivity index (χ4n) is 0.601. The Morgan fingerprint density at radius 3 is 2.78 bits per heavy atom. The van der Waals surface area contributed by atoms with Gasteiger partial charge in [-0.25, -0.2) is 0 Å². The summed E-state index contributed by atoms with van der Waals surface area (Å²) in [5, 5.41) is 0. The lowest BCUT2D eigenvalue weighted by Crippen LogP contribution is -2.12. The van der Waals surface area contributed by atoms with Gasteiger partial charge in [0.1, 0.15) is 0 Å². The van der Waals surface area contributed by atoms with Crippen LogP contribution in [0.4, 0.5) is 0 Å². The Balaban J connectivity index is 2.95. The molecule has 0 aliphatic carbocycles. The maximum atomic E-state index is 4.96. The molecular weight excluding hydrogens is 114 g/mol. The number of hydrogen-bond donors (Lipinski definition) is 0. The molecule has 0 bridgehead atoms. The van der Waals surface area contributed by atoms with E-state index in [1.54, 1.807) is 0 Å². The SMILES string of the molecule is [B]O[B]OC(C)CCC. The van der Waals surface area contributed by atoms with Crippen molar-refractivity contribution in [3.05, 3.63) is 0 Å². The second-order valence-corrected chi connectivity index (χ2v) is 1.97. The normalized spacial score (nSPS) is 13.1. The van der Waals surface area contributed by atoms with Crippen molar-refractivity contribution in [3.8, 4) is 0 Å². The topological polar surface area (TPSA) is 18.5 Å². The molecule has 0 spiro atoms. The van der Waals surface area contributed by atoms with Gasteiger partial charge in [0.2, 0.25) is 0 Å². The first-order chi connectivity index (χ1) is 4.31. The molecule has 0 fully saturated rings. The van der Waals surface area contributed by atoms with Gasteiger partial charge in [0, 0.05) is 6.10 Å². The lowest BCUT2D eigenvalue weighted by atomic mass is 10.2. The molecule has 0 aromatic rings. The minimum Gasteiger partial charge on any atom is -0.485 e. The molecule has 0 aromatic heterocycles. The molecular formula is C5H11B2O2. The van der Waals surface area contributed by atoms with Crippen molar-refractivity contribution in [1.82, 2.24) is 0 Å². The zero-order valence-electron chi connectivity index (χ0n) is 5.96. The average Bonchev–Trinajstić information content (AvgIpc) is 1.85. The van der Waals surface area contributed by atoms with Crippen molar-refractivity contribution in [2.24, 2.45) is 0 Å². The zero-order chi connectivity index (χ0) is 7.11. The van der Waals surface area contributed by atoms with Crippen LogP contribution in [0.25, 0.3) is 0 Å². The minimum atomic E-state index is 0.207. The Morgan fingerprint density at radius 1 is 1.67 bits per heavy atom. The van der Waals surface area contributed by atoms with Crippen LogP contribution in [0.15, 0.2) is 0 Å². The van der Waals surface area contributed by atoms with Crippen LogP contribution in [0.2, 0.25) is 0 Å². The van der Waals surface area contributed by atoms with Crippen LogP contribution >= 0.6 is 0 Å². The number of rotatable bonds is 5. The molecule has 0 saturated heterocycles. The molecule has 0 aliphatic rings. The van der Waals surface area contributed by atoms with Crippen LogP contribution in [0.5, 0.6) is 0 Å². The van der Waals surface area contributed by atoms with Gasteiger partial charge in [-0.1, -0.05) is 13.3 Å². The van der Waals surface area contributed by atoms with Crippen molar-refractivity contribution in [1.29, 1.82) is 0 Å². The monoisotopic (exact) mass is 125 g/mol. The summed E-state index contributed by atoms with van der Waals surface area (Å²) in [6.07, 6.45) is 2.35. The predicted molar refractivity (Wildman–Crippen MR) is 38.0 cm³/mol. The second-order valence-electron chi connectivity index (χ2n) is 1.97. The van der Waals surface area contributed by atoms with Gasteiger partial charge in [-0.2, -0.15) is 0 Å². The Kier molecular flexibility index (Phi) is 6.21. The largest absolute Gasteiger partial charge is 0.485 e. The van der Waals surface area contributed by atoms with Crippen LogP contribution in [0, 0.1) is 0 Å². The third kappa shape index (κ3) is 5.93. The maximum Gasteiger partial charge on any atom is 0.470 e. The highest BCUT2D eigenvalue weighted by Gasteiger charge is 1.99. The summed E-state index contributed by atoms with van der Waals surface area (Å²) in [7, 11) is 5.85. The van der Waals surface area contributed by atoms with Gasteiger partial charge in [0.25, 0.3) is 8.05 Å². The Morgan fingerprint density at radius 2 is 2.33 bits per heavy atom. The highest BCUT2D eigenvalue weighted by atomic mass is 16.6. The van der Waals surface area contributed by atoms with Crippen molar-refractivity contribution in [3.63, 3.8) is 0 Å². The molecule has 0 aliphatic heterocycles. The third-order valence-corrected chi connectivity index (χ3v) is 1.04. The Labute approximate surface area is 58.7 Å². The molecule has 2 nitrogen and oxygen atoms in total. The summed E-state index contributed by atoms with van der Waals surface area (Å²) in [5.74, 6) is 0. The summed E-state index contributed by atoms with van der Waals surface area (Å²) in [4.78, 5) is 0. The molecule has 0 aromatic carbocycles. The summed E-state index contributed by atoms with van der Waals surface area (Å²) in [6, 6.07) is 0. The molecule has 9 heavy (non-hydrogen) atoms. The molecule has 1 unspecified atom stereocenters. The molecule has 3 radical (unpaired) electrons. The van der Waals surface area contributed by atoms with Gasteiger partial charge in [-0.15, -0.1) is 0 Å². The summed E-state index contributed by atoms with van der Waals surface area (Å²) < 4.78 is 9.07. The Bertz CT molecular complexity index is 60.9. The fraction of sp³-hybridized carbons (Fsp3) is 1.00. The smallest absolute Gasteiger partial charge is 0.470 e. The van der Waals surface area contributed by atoms with Crippen molar-refractivity contribution < 1.29 is 9.23 Å². The molecule has 0 N–H and O–H groups in total. The van der Waals surface area contributed by atoms with Crippen molar-refractivity contribution in [2.75, 3.05) is 0 Å². The quantitative estimate of drug-likeness (QED) is 0.506. The van der Waals surface area contributed by atoms with E-state index in [1.807, 2.05) is 6.92 Å². The first-order valence-corrected chi connectivity index (χ1v) is 3.14. The standard InChI is InChI=1S/C5H11B2O2/c1-3-4-5(2)8-7-9-6/h5H,3-4H2,1-2H3. The van der Waals surface area contributed by atoms with E-state index in [2.05, 4.69) is 11.5 Å². The maximum absolute atomic E-state index is 4.96. The van der Waals surface area contributed by atoms with Gasteiger partial charge >= 0.3 is 7.69 Å². The van der Waals surface area contributed by atoms with Crippen LogP contribution in [0.1, 0.15) is 26.7 Å². The van der Waals surface area contributed by atoms with E-state index in [4.69, 9.17) is 12.7 Å². The van der Waals surface area contributed by atoms with E-state index in [0.29, 0.717) is 0 Å². The molecule has 4 heteroatoms. The van der Waals surface area contributed by atoms with Gasteiger partial charge in [0.15, 0.2) is 0 Å². The highest BCUT2D eigenvalue weighted by Crippen LogP contribution is 1.98. The summed E-state index contributed by atoms with van der Waals surface area (Å²) in [5.41, 5.74) is 0. The average molecular weight is 125 g/mol. The van der Waals surface area contributed by atoms with E-state index in [9.17, 15) is 0 Å². The minimum absolute atomic E-state index is 0.207. The number of hydrogen-bond acceptors (Lipinski definition) is 2. The lowest BCUT2D eigenvalue weighted by Gasteiger charge is -2.08. The highest BCUT2D eigenvalue weighted by molar-refractivity contribution is 6.27. The van der Waals surface area contributed by atoms with Gasteiger partial charge in [-0.3, -0.25) is 0 Å². The van der Waals surface area contributed by atoms with Crippen LogP contribution in [-0.4, -0.2) is 21.8 Å². The fourth-order valence-corrected chi connectivity index (χ4v) is 0.601. The molecule has 1 atom stereocenters. The lowest BCUT2D eigenvalue weighted by molar-refractivity contribution is 0.196. The van der Waals surface area contributed by atoms with E-state index in [1.165, 1.54) is 0 Å². The first kappa shape index (κ1) is 9.05. The summed E-state index contributed by atoms with van der Waals surface area (Å²) >= 11 is 0. The van der Waals surface area contributed by atoms with Crippen molar-refractivity contribution in [2.45, 2.75) is 32.8 Å². The van der Waals surface area contributed by atoms with Gasteiger partial charge in [0.05, 0.1) is 0 Å². The predicted octanol–water partition coefficient (Wildman–Crippen LogP) is 0.826. The zero-order valence-corrected chi connectivity index (χ0v) is 5.96. The molecule has 0 heterocycles. The third-order valence-electron chi connectivity index (χ3n) is 1.04.